The fourth-order valence-electron chi connectivity index (χ4n) is 8.72. The van der Waals surface area contributed by atoms with E-state index in [1.807, 2.05) is 204 Å². The van der Waals surface area contributed by atoms with Crippen LogP contribution in [0.25, 0.3) is 0 Å². The third-order valence-corrected chi connectivity index (χ3v) is 16.6. The van der Waals surface area contributed by atoms with Crippen LogP contribution >= 0.6 is 11.6 Å². The Bertz CT molecular complexity index is 3490. The van der Waals surface area contributed by atoms with E-state index in [1.54, 1.807) is 97.1 Å². The lowest BCUT2D eigenvalue weighted by Gasteiger charge is -2.32. The van der Waals surface area contributed by atoms with Gasteiger partial charge in [-0.05, 0) is 201 Å². The van der Waals surface area contributed by atoms with Crippen LogP contribution in [0.2, 0.25) is 0 Å². The van der Waals surface area contributed by atoms with Gasteiger partial charge in [-0.15, -0.1) is 0 Å². The van der Waals surface area contributed by atoms with Crippen LogP contribution < -0.4 is 43.5 Å². The van der Waals surface area contributed by atoms with Crippen LogP contribution in [0.3, 0.4) is 0 Å². The maximum absolute atomic E-state index is 12.2. The standard InChI is InChI=1S/2C19H22BNO3.C13H12BNO3.C12H18BNO2.C7H5ClO/c2*1-18(2)19(3,4)24-20(23-18)15-10-12-16(13-11-15)21-17(22)14-8-6-5-7-9-14;16-13(10-4-2-1-3-5-10)15-12-8-6-11(7-9-12)14(17)18;1-11(2)12(3,4)16-13(15-11)9-5-7-10(14)8-6-9;8-7(9)6-4-2-1-3-5-6/h2*5-13H,1-4H3,(H,21,22);1-9,17-18H,(H,15,16);5-8H,14H2,1-4H3;1-5H. The van der Waals surface area contributed by atoms with Crippen LogP contribution in [-0.4, -0.2) is 95.1 Å². The molecule has 3 aliphatic rings. The topological polar surface area (TPSA) is 226 Å². The van der Waals surface area contributed by atoms with Crippen molar-refractivity contribution in [3.63, 3.8) is 0 Å². The summed E-state index contributed by atoms with van der Waals surface area (Å²) in [5.41, 5.74) is 12.1. The Hall–Kier alpha value is -8.13. The highest BCUT2D eigenvalue weighted by Crippen LogP contribution is 2.39. The summed E-state index contributed by atoms with van der Waals surface area (Å²) in [4.78, 5) is 46.6. The summed E-state index contributed by atoms with van der Waals surface area (Å²) < 4.78 is 36.0. The molecule has 3 fully saturated rings. The van der Waals surface area contributed by atoms with Crippen molar-refractivity contribution in [2.24, 2.45) is 0 Å². The number of nitrogen functional groups attached to an aromatic ring is 1. The van der Waals surface area contributed by atoms with Gasteiger partial charge in [-0.25, -0.2) is 0 Å². The summed E-state index contributed by atoms with van der Waals surface area (Å²) >= 11 is 5.16. The first-order valence-electron chi connectivity index (χ1n) is 29.8. The Labute approximate surface area is 541 Å². The summed E-state index contributed by atoms with van der Waals surface area (Å²) in [7, 11) is -2.59. The van der Waals surface area contributed by atoms with E-state index in [2.05, 4.69) is 16.0 Å². The van der Waals surface area contributed by atoms with Crippen molar-refractivity contribution < 1.29 is 57.2 Å². The van der Waals surface area contributed by atoms with E-state index < -0.39 is 26.6 Å². The van der Waals surface area contributed by atoms with Crippen molar-refractivity contribution >= 4 is 108 Å². The number of nitrogens with one attached hydrogen (secondary N) is 3. The van der Waals surface area contributed by atoms with Crippen LogP contribution in [0.1, 0.15) is 125 Å². The SMILES string of the molecule is CC1(C)OB(c2ccc(N)cc2)OC1(C)C.CC1(C)OB(c2ccc(NC(=O)c3ccccc3)cc2)OC1(C)C.CC1(C)OB(c2ccc(NC(=O)c3ccccc3)cc2)OC1(C)C.O=C(Cl)c1ccccc1.O=C(Nc1ccc(B(O)O)cc1)c1ccccc1. The lowest BCUT2D eigenvalue weighted by Crippen LogP contribution is -2.41. The number of carbonyl (C=O) groups excluding carboxylic acids is 4. The minimum Gasteiger partial charge on any atom is -0.423 e. The van der Waals surface area contributed by atoms with Crippen LogP contribution in [0.15, 0.2) is 218 Å². The predicted octanol–water partition coefficient (Wildman–Crippen LogP) is 10.7. The van der Waals surface area contributed by atoms with Gasteiger partial charge in [-0.3, -0.25) is 19.2 Å². The molecule has 11 rings (SSSR count). The van der Waals surface area contributed by atoms with Crippen molar-refractivity contribution in [3.05, 3.63) is 241 Å². The Morgan fingerprint density at radius 1 is 0.352 bits per heavy atom. The predicted molar refractivity (Wildman–Crippen MR) is 367 cm³/mol. The largest absolute Gasteiger partial charge is 0.494 e. The number of nitrogens with two attached hydrogens (primary N) is 1. The Kier molecular flexibility index (Phi) is 23.4. The summed E-state index contributed by atoms with van der Waals surface area (Å²) in [6, 6.07) is 65.0. The Morgan fingerprint density at radius 3 is 0.791 bits per heavy atom. The van der Waals surface area contributed by atoms with Crippen LogP contribution in [0.5, 0.6) is 0 Å². The minimum atomic E-state index is -1.50. The number of anilines is 4. The Balaban J connectivity index is 0.000000166. The van der Waals surface area contributed by atoms with Gasteiger partial charge in [-0.2, -0.15) is 0 Å². The van der Waals surface area contributed by atoms with Gasteiger partial charge >= 0.3 is 28.5 Å². The zero-order chi connectivity index (χ0) is 66.4. The number of hydrogen-bond donors (Lipinski definition) is 6. The van der Waals surface area contributed by atoms with E-state index in [1.165, 1.54) is 0 Å². The van der Waals surface area contributed by atoms with Crippen molar-refractivity contribution in [2.45, 2.75) is 117 Å². The summed E-state index contributed by atoms with van der Waals surface area (Å²) in [6.45, 7) is 24.4. The molecule has 0 unspecified atom stereocenters. The number of hydrogen-bond acceptors (Lipinski definition) is 13. The smallest absolute Gasteiger partial charge is 0.423 e. The molecule has 0 aromatic heterocycles. The summed E-state index contributed by atoms with van der Waals surface area (Å²) in [5, 5.41) is 26.0. The molecule has 3 heterocycles. The van der Waals surface area contributed by atoms with Crippen molar-refractivity contribution in [1.82, 2.24) is 0 Å². The zero-order valence-corrected chi connectivity index (χ0v) is 54.3. The fourth-order valence-corrected chi connectivity index (χ4v) is 8.85. The van der Waals surface area contributed by atoms with Gasteiger partial charge < -0.3 is 59.7 Å². The lowest BCUT2D eigenvalue weighted by atomic mass is 9.79. The van der Waals surface area contributed by atoms with Crippen LogP contribution in [0, 0.1) is 0 Å². The Morgan fingerprint density at radius 2 is 0.571 bits per heavy atom. The fraction of sp³-hybridized carbons (Fsp3) is 0.257. The highest BCUT2D eigenvalue weighted by atomic mass is 35.5. The normalized spacial score (nSPS) is 16.5. The highest BCUT2D eigenvalue weighted by molar-refractivity contribution is 6.67. The number of carbonyl (C=O) groups is 4. The average Bonchev–Trinajstić information content (AvgIpc) is 1.66. The van der Waals surface area contributed by atoms with Gasteiger partial charge in [0.1, 0.15) is 0 Å². The van der Waals surface area contributed by atoms with E-state index in [-0.39, 0.29) is 58.4 Å². The third kappa shape index (κ3) is 19.2. The second kappa shape index (κ2) is 30.3. The molecule has 3 amide bonds. The van der Waals surface area contributed by atoms with Crippen molar-refractivity contribution in [1.29, 1.82) is 0 Å². The number of halogens is 1. The first-order chi connectivity index (χ1) is 42.9. The van der Waals surface area contributed by atoms with E-state index >= 15 is 0 Å². The van der Waals surface area contributed by atoms with E-state index in [9.17, 15) is 19.2 Å². The van der Waals surface area contributed by atoms with Crippen LogP contribution in [-0.2, 0) is 27.9 Å². The molecule has 470 valence electrons. The zero-order valence-electron chi connectivity index (χ0n) is 53.5. The molecule has 91 heavy (non-hydrogen) atoms. The molecule has 0 bridgehead atoms. The van der Waals surface area contributed by atoms with Gasteiger partial charge in [0, 0.05) is 45.0 Å². The number of benzene rings is 8. The van der Waals surface area contributed by atoms with Gasteiger partial charge in [0.15, 0.2) is 0 Å². The number of rotatable bonds is 11. The molecule has 8 aromatic carbocycles. The quantitative estimate of drug-likeness (QED) is 0.0403. The molecule has 0 saturated carbocycles. The van der Waals surface area contributed by atoms with Crippen LogP contribution in [0.4, 0.5) is 22.7 Å². The molecule has 8 aromatic rings. The van der Waals surface area contributed by atoms with Gasteiger partial charge in [0.2, 0.25) is 0 Å². The molecular formula is C70H79B4ClN4O12. The van der Waals surface area contributed by atoms with E-state index in [0.717, 1.165) is 33.5 Å². The monoisotopic (exact) mass is 1250 g/mol. The lowest BCUT2D eigenvalue weighted by molar-refractivity contribution is 0.00578. The van der Waals surface area contributed by atoms with Gasteiger partial charge in [0.25, 0.3) is 23.0 Å². The van der Waals surface area contributed by atoms with Gasteiger partial charge in [0.05, 0.1) is 33.6 Å². The average molecular weight is 1250 g/mol. The first-order valence-corrected chi connectivity index (χ1v) is 30.2. The molecule has 16 nitrogen and oxygen atoms in total. The van der Waals surface area contributed by atoms with Crippen molar-refractivity contribution in [3.8, 4) is 0 Å². The number of amides is 3. The molecule has 0 aliphatic carbocycles. The highest BCUT2D eigenvalue weighted by Gasteiger charge is 2.53. The summed E-state index contributed by atoms with van der Waals surface area (Å²) in [5.74, 6) is -0.453. The van der Waals surface area contributed by atoms with E-state index in [0.29, 0.717) is 33.4 Å². The molecule has 0 atom stereocenters. The molecule has 7 N–H and O–H groups in total. The molecule has 0 spiro atoms. The maximum atomic E-state index is 12.2. The molecular weight excluding hydrogens is 1170 g/mol. The second-order valence-electron chi connectivity index (χ2n) is 24.8. The summed E-state index contributed by atoms with van der Waals surface area (Å²) in [6.07, 6.45) is 0. The molecule has 21 heteroatoms. The van der Waals surface area contributed by atoms with Crippen molar-refractivity contribution in [2.75, 3.05) is 21.7 Å². The third-order valence-electron chi connectivity index (χ3n) is 16.4. The maximum Gasteiger partial charge on any atom is 0.494 e. The second-order valence-corrected chi connectivity index (χ2v) is 25.1. The minimum absolute atomic E-state index is 0.126. The molecule has 3 aliphatic heterocycles. The molecule has 0 radical (unpaired) electrons. The molecule has 3 saturated heterocycles. The van der Waals surface area contributed by atoms with Gasteiger partial charge in [-0.1, -0.05) is 133 Å². The van der Waals surface area contributed by atoms with E-state index in [4.69, 9.17) is 55.3 Å². The first kappa shape index (κ1) is 70.3.